The van der Waals surface area contributed by atoms with Crippen LogP contribution in [0.1, 0.15) is 39.0 Å². The molecule has 2 heterocycles. The number of fused-ring (bicyclic) bond motifs is 1. The molecule has 3 rings (SSSR count). The van der Waals surface area contributed by atoms with Gasteiger partial charge in [-0.25, -0.2) is 9.97 Å². The van der Waals surface area contributed by atoms with Gasteiger partial charge in [0.1, 0.15) is 10.8 Å². The van der Waals surface area contributed by atoms with Gasteiger partial charge in [-0.3, -0.25) is 0 Å². The van der Waals surface area contributed by atoms with E-state index < -0.39 is 0 Å². The monoisotopic (exact) mass is 344 g/mol. The van der Waals surface area contributed by atoms with Crippen molar-refractivity contribution in [2.24, 2.45) is 0 Å². The molecule has 0 bridgehead atoms. The molecule has 0 atom stereocenters. The molecule has 1 aromatic heterocycles. The van der Waals surface area contributed by atoms with Crippen LogP contribution in [-0.4, -0.2) is 27.9 Å². The highest BCUT2D eigenvalue weighted by Crippen LogP contribution is 2.35. The van der Waals surface area contributed by atoms with E-state index in [1.807, 2.05) is 24.3 Å². The van der Waals surface area contributed by atoms with Crippen LogP contribution in [-0.2, 0) is 17.8 Å². The molecule has 0 saturated carbocycles. The van der Waals surface area contributed by atoms with E-state index >= 15 is 0 Å². The molecule has 4 nitrogen and oxygen atoms in total. The van der Waals surface area contributed by atoms with E-state index in [0.717, 1.165) is 39.8 Å². The van der Waals surface area contributed by atoms with Crippen molar-refractivity contribution in [2.75, 3.05) is 7.11 Å². The minimum atomic E-state index is -0.188. The maximum absolute atomic E-state index is 5.98. The van der Waals surface area contributed by atoms with Gasteiger partial charge in [-0.2, -0.15) is 0 Å². The van der Waals surface area contributed by atoms with Crippen LogP contribution in [0.15, 0.2) is 29.3 Å². The van der Waals surface area contributed by atoms with Crippen molar-refractivity contribution in [1.82, 2.24) is 9.97 Å². The van der Waals surface area contributed by atoms with Gasteiger partial charge in [0.15, 0.2) is 5.82 Å². The van der Waals surface area contributed by atoms with Gasteiger partial charge >= 0.3 is 0 Å². The quantitative estimate of drug-likeness (QED) is 0.603. The second-order valence-corrected chi connectivity index (χ2v) is 8.47. The lowest BCUT2D eigenvalue weighted by Gasteiger charge is -2.32. The first-order valence-corrected chi connectivity index (χ1v) is 9.11. The van der Waals surface area contributed by atoms with E-state index in [2.05, 4.69) is 27.7 Å². The number of aromatic nitrogens is 2. The first kappa shape index (κ1) is 17.2. The van der Waals surface area contributed by atoms with Crippen molar-refractivity contribution < 1.29 is 9.47 Å². The van der Waals surface area contributed by atoms with Crippen LogP contribution >= 0.6 is 11.8 Å². The summed E-state index contributed by atoms with van der Waals surface area (Å²) in [4.78, 5) is 9.70. The van der Waals surface area contributed by atoms with Gasteiger partial charge < -0.3 is 9.47 Å². The molecule has 0 fully saturated rings. The number of rotatable bonds is 4. The maximum Gasteiger partial charge on any atom is 0.160 e. The lowest BCUT2D eigenvalue weighted by molar-refractivity contribution is -0.0428. The first-order chi connectivity index (χ1) is 11.4. The third-order valence-electron chi connectivity index (χ3n) is 3.93. The third kappa shape index (κ3) is 3.73. The van der Waals surface area contributed by atoms with Gasteiger partial charge in [-0.15, -0.1) is 11.8 Å². The normalized spacial score (nSPS) is 16.1. The van der Waals surface area contributed by atoms with E-state index in [9.17, 15) is 0 Å². The molecule has 1 aliphatic heterocycles. The largest absolute Gasteiger partial charge is 0.497 e. The van der Waals surface area contributed by atoms with Crippen molar-refractivity contribution in [3.63, 3.8) is 0 Å². The molecular formula is C19H24N2O2S. The molecule has 0 spiro atoms. The molecule has 1 aliphatic rings. The van der Waals surface area contributed by atoms with Gasteiger partial charge in [-0.05, 0) is 26.0 Å². The van der Waals surface area contributed by atoms with Crippen molar-refractivity contribution >= 4 is 11.8 Å². The first-order valence-electron chi connectivity index (χ1n) is 8.23. The molecule has 0 saturated heterocycles. The molecule has 5 heteroatoms. The summed E-state index contributed by atoms with van der Waals surface area (Å²) in [6.45, 7) is 9.16. The summed E-state index contributed by atoms with van der Waals surface area (Å²) >= 11 is 1.77. The van der Waals surface area contributed by atoms with E-state index in [1.54, 1.807) is 18.9 Å². The highest BCUT2D eigenvalue weighted by molar-refractivity contribution is 7.99. The number of benzene rings is 1. The fourth-order valence-electron chi connectivity index (χ4n) is 2.73. The Morgan fingerprint density at radius 3 is 2.75 bits per heavy atom. The number of methoxy groups -OCH3 is 1. The maximum atomic E-state index is 5.98. The zero-order chi connectivity index (χ0) is 17.3. The average molecular weight is 344 g/mol. The third-order valence-corrected chi connectivity index (χ3v) is 4.96. The number of ether oxygens (including phenoxy) is 2. The van der Waals surface area contributed by atoms with E-state index in [0.29, 0.717) is 11.9 Å². The highest BCUT2D eigenvalue weighted by Gasteiger charge is 2.30. The van der Waals surface area contributed by atoms with Crippen LogP contribution in [0, 0.1) is 0 Å². The lowest BCUT2D eigenvalue weighted by Crippen LogP contribution is -2.33. The van der Waals surface area contributed by atoms with Crippen molar-refractivity contribution in [3.05, 3.63) is 35.5 Å². The second kappa shape index (κ2) is 6.73. The Balaban J connectivity index is 2.10. The van der Waals surface area contributed by atoms with Crippen molar-refractivity contribution in [2.45, 2.75) is 56.6 Å². The van der Waals surface area contributed by atoms with Crippen LogP contribution < -0.4 is 4.74 Å². The smallest absolute Gasteiger partial charge is 0.160 e. The average Bonchev–Trinajstić information content (AvgIpc) is 2.53. The fourth-order valence-corrected chi connectivity index (χ4v) is 3.64. The highest BCUT2D eigenvalue weighted by atomic mass is 32.2. The summed E-state index contributed by atoms with van der Waals surface area (Å²) in [5.74, 6) is 1.57. The van der Waals surface area contributed by atoms with Crippen LogP contribution in [0.5, 0.6) is 5.75 Å². The second-order valence-electron chi connectivity index (χ2n) is 6.90. The molecule has 24 heavy (non-hydrogen) atoms. The van der Waals surface area contributed by atoms with Gasteiger partial charge in [0.05, 0.1) is 25.0 Å². The van der Waals surface area contributed by atoms with E-state index in [1.165, 1.54) is 0 Å². The Bertz CT molecular complexity index is 727. The SMILES string of the molecule is COc1cccc(-c2nc3c(c(SC(C)C)n2)COC(C)(C)C3)c1. The Morgan fingerprint density at radius 1 is 1.25 bits per heavy atom. The van der Waals surface area contributed by atoms with Crippen molar-refractivity contribution in [3.8, 4) is 17.1 Å². The summed E-state index contributed by atoms with van der Waals surface area (Å²) in [5.41, 5.74) is 3.03. The molecule has 0 amide bonds. The molecule has 2 aromatic rings. The van der Waals surface area contributed by atoms with E-state index in [4.69, 9.17) is 19.4 Å². The minimum absolute atomic E-state index is 0.188. The summed E-state index contributed by atoms with van der Waals surface area (Å²) in [7, 11) is 1.67. The Labute approximate surface area is 148 Å². The van der Waals surface area contributed by atoms with Crippen LogP contribution in [0.2, 0.25) is 0 Å². The Kier molecular flexibility index (Phi) is 4.83. The molecule has 0 radical (unpaired) electrons. The summed E-state index contributed by atoms with van der Waals surface area (Å²) in [5, 5.41) is 1.49. The molecule has 0 N–H and O–H groups in total. The lowest BCUT2D eigenvalue weighted by atomic mass is 9.96. The zero-order valence-electron chi connectivity index (χ0n) is 14.9. The summed E-state index contributed by atoms with van der Waals surface area (Å²) in [6.07, 6.45) is 0.799. The van der Waals surface area contributed by atoms with E-state index in [-0.39, 0.29) is 5.60 Å². The topological polar surface area (TPSA) is 44.2 Å². The summed E-state index contributed by atoms with van der Waals surface area (Å²) < 4.78 is 11.3. The number of thioether (sulfide) groups is 1. The van der Waals surface area contributed by atoms with Gasteiger partial charge in [0, 0.05) is 22.8 Å². The van der Waals surface area contributed by atoms with Crippen molar-refractivity contribution in [1.29, 1.82) is 0 Å². The predicted molar refractivity (Wildman–Crippen MR) is 97.6 cm³/mol. The summed E-state index contributed by atoms with van der Waals surface area (Å²) in [6, 6.07) is 7.91. The van der Waals surface area contributed by atoms with Crippen LogP contribution in [0.25, 0.3) is 11.4 Å². The number of hydrogen-bond acceptors (Lipinski definition) is 5. The number of nitrogens with zero attached hydrogens (tertiary/aromatic N) is 2. The molecular weight excluding hydrogens is 320 g/mol. The zero-order valence-corrected chi connectivity index (χ0v) is 15.7. The van der Waals surface area contributed by atoms with Crippen LogP contribution in [0.4, 0.5) is 0 Å². The fraction of sp³-hybridized carbons (Fsp3) is 0.474. The van der Waals surface area contributed by atoms with Gasteiger partial charge in [0.25, 0.3) is 0 Å². The van der Waals surface area contributed by atoms with Crippen LogP contribution in [0.3, 0.4) is 0 Å². The molecule has 1 aromatic carbocycles. The Hall–Kier alpha value is -1.59. The molecule has 0 aliphatic carbocycles. The minimum Gasteiger partial charge on any atom is -0.497 e. The number of hydrogen-bond donors (Lipinski definition) is 0. The molecule has 128 valence electrons. The van der Waals surface area contributed by atoms with Gasteiger partial charge in [-0.1, -0.05) is 26.0 Å². The van der Waals surface area contributed by atoms with Gasteiger partial charge in [0.2, 0.25) is 0 Å². The Morgan fingerprint density at radius 2 is 2.04 bits per heavy atom. The predicted octanol–water partition coefficient (Wildman–Crippen LogP) is 4.50. The molecule has 0 unspecified atom stereocenters. The standard InChI is InChI=1S/C19H24N2O2S/c1-12(2)24-18-15-11-23-19(3,4)10-16(15)20-17(21-18)13-7-6-8-14(9-13)22-5/h6-9,12H,10-11H2,1-5H3.